The van der Waals surface area contributed by atoms with Crippen LogP contribution < -0.4 is 20.3 Å². The zero-order chi connectivity index (χ0) is 30.6. The van der Waals surface area contributed by atoms with Crippen LogP contribution in [0.3, 0.4) is 0 Å². The Morgan fingerprint density at radius 1 is 0.595 bits per heavy atom. The Hall–Kier alpha value is -3.73. The summed E-state index contributed by atoms with van der Waals surface area (Å²) in [6.07, 6.45) is 0. The fourth-order valence-corrected chi connectivity index (χ4v) is 6.41. The topological polar surface area (TPSA) is 39.9 Å². The van der Waals surface area contributed by atoms with Crippen molar-refractivity contribution in [3.05, 3.63) is 98.4 Å². The van der Waals surface area contributed by atoms with Crippen molar-refractivity contribution in [3.63, 3.8) is 0 Å². The molecule has 0 saturated heterocycles. The molecule has 1 heterocycles. The van der Waals surface area contributed by atoms with E-state index in [0.29, 0.717) is 5.58 Å². The standard InChI is InChI=1S/C37H49N3O2/c1-10-38(11-2)28-18-16-25(7)32(22-28)36(33-23-29(19-17-26(33)8)39(12-3)13-4)35-27(9)31-21-20-30(40(14-5)15-6)24-34(31)42-37(35)41/h16-24,36H,10-15H2,1-9H3. The van der Waals surface area contributed by atoms with Gasteiger partial charge in [0.1, 0.15) is 5.58 Å². The average molecular weight is 568 g/mol. The highest BCUT2D eigenvalue weighted by atomic mass is 16.4. The molecule has 3 aromatic carbocycles. The maximum atomic E-state index is 14.1. The van der Waals surface area contributed by atoms with E-state index in [1.165, 1.54) is 22.5 Å². The summed E-state index contributed by atoms with van der Waals surface area (Å²) in [5, 5.41) is 0.987. The van der Waals surface area contributed by atoms with Gasteiger partial charge < -0.3 is 19.1 Å². The molecule has 0 saturated carbocycles. The van der Waals surface area contributed by atoms with Gasteiger partial charge in [-0.1, -0.05) is 12.1 Å². The van der Waals surface area contributed by atoms with Crippen molar-refractivity contribution in [3.8, 4) is 0 Å². The smallest absolute Gasteiger partial charge is 0.340 e. The van der Waals surface area contributed by atoms with Crippen LogP contribution in [0, 0.1) is 20.8 Å². The number of aryl methyl sites for hydroxylation is 3. The second-order valence-electron chi connectivity index (χ2n) is 11.1. The molecule has 4 rings (SSSR count). The lowest BCUT2D eigenvalue weighted by molar-refractivity contribution is 0.546. The highest BCUT2D eigenvalue weighted by molar-refractivity contribution is 5.85. The highest BCUT2D eigenvalue weighted by Gasteiger charge is 2.28. The fraction of sp³-hybridized carbons (Fsp3) is 0.432. The van der Waals surface area contributed by atoms with Crippen molar-refractivity contribution in [2.45, 2.75) is 68.2 Å². The fourth-order valence-electron chi connectivity index (χ4n) is 6.41. The van der Waals surface area contributed by atoms with E-state index in [0.717, 1.165) is 72.6 Å². The second-order valence-corrected chi connectivity index (χ2v) is 11.1. The predicted molar refractivity (Wildman–Crippen MR) is 181 cm³/mol. The van der Waals surface area contributed by atoms with Crippen LogP contribution in [0.2, 0.25) is 0 Å². The largest absolute Gasteiger partial charge is 0.422 e. The van der Waals surface area contributed by atoms with Crippen LogP contribution in [0.5, 0.6) is 0 Å². The van der Waals surface area contributed by atoms with Crippen molar-refractivity contribution in [2.75, 3.05) is 54.0 Å². The molecule has 0 bridgehead atoms. The number of rotatable bonds is 12. The number of hydrogen-bond donors (Lipinski definition) is 0. The third-order valence-electron chi connectivity index (χ3n) is 9.02. The molecule has 0 unspecified atom stereocenters. The van der Waals surface area contributed by atoms with Gasteiger partial charge in [0.05, 0.1) is 5.56 Å². The van der Waals surface area contributed by atoms with E-state index in [1.54, 1.807) is 0 Å². The molecule has 0 atom stereocenters. The molecule has 5 nitrogen and oxygen atoms in total. The summed E-state index contributed by atoms with van der Waals surface area (Å²) in [5.41, 5.74) is 10.1. The number of benzene rings is 3. The van der Waals surface area contributed by atoms with Crippen LogP contribution in [-0.2, 0) is 0 Å². The van der Waals surface area contributed by atoms with E-state index >= 15 is 0 Å². The van der Waals surface area contributed by atoms with Gasteiger partial charge in [-0.2, -0.15) is 0 Å². The zero-order valence-electron chi connectivity index (χ0n) is 27.2. The number of anilines is 3. The van der Waals surface area contributed by atoms with E-state index in [2.05, 4.69) is 126 Å². The maximum Gasteiger partial charge on any atom is 0.340 e. The van der Waals surface area contributed by atoms with Gasteiger partial charge in [0, 0.05) is 73.7 Å². The summed E-state index contributed by atoms with van der Waals surface area (Å²) in [6, 6.07) is 19.7. The summed E-state index contributed by atoms with van der Waals surface area (Å²) >= 11 is 0. The molecule has 0 aliphatic heterocycles. The van der Waals surface area contributed by atoms with Gasteiger partial charge in [-0.3, -0.25) is 0 Å². The minimum absolute atomic E-state index is 0.262. The van der Waals surface area contributed by atoms with Gasteiger partial charge in [-0.05, 0) is 127 Å². The monoisotopic (exact) mass is 567 g/mol. The second kappa shape index (κ2) is 13.5. The lowest BCUT2D eigenvalue weighted by Gasteiger charge is -2.29. The Morgan fingerprint density at radius 2 is 1.00 bits per heavy atom. The molecule has 0 radical (unpaired) electrons. The van der Waals surface area contributed by atoms with E-state index in [1.807, 2.05) is 6.07 Å². The van der Waals surface area contributed by atoms with E-state index in [4.69, 9.17) is 4.42 Å². The first-order valence-corrected chi connectivity index (χ1v) is 15.8. The van der Waals surface area contributed by atoms with Crippen molar-refractivity contribution < 1.29 is 4.42 Å². The third kappa shape index (κ3) is 5.92. The van der Waals surface area contributed by atoms with Crippen LogP contribution in [0.1, 0.15) is 80.8 Å². The molecule has 5 heteroatoms. The summed E-state index contributed by atoms with van der Waals surface area (Å²) in [7, 11) is 0. The summed E-state index contributed by atoms with van der Waals surface area (Å²) in [5.74, 6) is -0.265. The molecule has 224 valence electrons. The Morgan fingerprint density at radius 3 is 1.43 bits per heavy atom. The van der Waals surface area contributed by atoms with Crippen LogP contribution in [0.4, 0.5) is 17.1 Å². The number of fused-ring (bicyclic) bond motifs is 1. The lowest BCUT2D eigenvalue weighted by atomic mass is 9.79. The predicted octanol–water partition coefficient (Wildman–Crippen LogP) is 8.44. The average Bonchev–Trinajstić information content (AvgIpc) is 2.99. The normalized spacial score (nSPS) is 11.4. The van der Waals surface area contributed by atoms with Gasteiger partial charge in [0.25, 0.3) is 0 Å². The van der Waals surface area contributed by atoms with Crippen molar-refractivity contribution in [2.24, 2.45) is 0 Å². The summed E-state index contributed by atoms with van der Waals surface area (Å²) < 4.78 is 6.19. The summed E-state index contributed by atoms with van der Waals surface area (Å²) in [6.45, 7) is 24.9. The quantitative estimate of drug-likeness (QED) is 0.161. The first kappa shape index (κ1) is 31.2. The molecule has 0 fully saturated rings. The Labute approximate surface area is 252 Å². The first-order valence-electron chi connectivity index (χ1n) is 15.8. The Kier molecular flexibility index (Phi) is 10.0. The molecule has 0 aliphatic carbocycles. The molecule has 0 amide bonds. The maximum absolute atomic E-state index is 14.1. The van der Waals surface area contributed by atoms with Crippen molar-refractivity contribution in [1.29, 1.82) is 0 Å². The zero-order valence-corrected chi connectivity index (χ0v) is 27.2. The summed E-state index contributed by atoms with van der Waals surface area (Å²) in [4.78, 5) is 21.1. The number of nitrogens with zero attached hydrogens (tertiary/aromatic N) is 3. The minimum Gasteiger partial charge on any atom is -0.422 e. The van der Waals surface area contributed by atoms with E-state index in [9.17, 15) is 4.79 Å². The SMILES string of the molecule is CCN(CC)c1ccc(C)c(C(c2cc(N(CC)CC)ccc2C)c2c(C)c3ccc(N(CC)CC)cc3oc2=O)c1. The first-order chi connectivity index (χ1) is 20.2. The van der Waals surface area contributed by atoms with Gasteiger partial charge in [-0.15, -0.1) is 0 Å². The molecule has 0 aliphatic rings. The van der Waals surface area contributed by atoms with Crippen LogP contribution in [0.25, 0.3) is 11.0 Å². The molecular weight excluding hydrogens is 518 g/mol. The van der Waals surface area contributed by atoms with Gasteiger partial charge in [-0.25, -0.2) is 4.79 Å². The Bertz CT molecular complexity index is 1510. The highest BCUT2D eigenvalue weighted by Crippen LogP contribution is 2.40. The molecular formula is C37H49N3O2. The number of hydrogen-bond acceptors (Lipinski definition) is 5. The molecule has 0 spiro atoms. The third-order valence-corrected chi connectivity index (χ3v) is 9.02. The molecule has 1 aromatic heterocycles. The van der Waals surface area contributed by atoms with Gasteiger partial charge in [0.15, 0.2) is 0 Å². The molecule has 0 N–H and O–H groups in total. The van der Waals surface area contributed by atoms with Crippen molar-refractivity contribution in [1.82, 2.24) is 0 Å². The van der Waals surface area contributed by atoms with Crippen LogP contribution in [-0.4, -0.2) is 39.3 Å². The molecule has 42 heavy (non-hydrogen) atoms. The minimum atomic E-state index is -0.265. The van der Waals surface area contributed by atoms with Crippen LogP contribution in [0.15, 0.2) is 63.8 Å². The Balaban J connectivity index is 2.05. The van der Waals surface area contributed by atoms with E-state index in [-0.39, 0.29) is 11.5 Å². The van der Waals surface area contributed by atoms with Gasteiger partial charge in [0.2, 0.25) is 0 Å². The van der Waals surface area contributed by atoms with Gasteiger partial charge >= 0.3 is 5.63 Å². The van der Waals surface area contributed by atoms with Crippen LogP contribution >= 0.6 is 0 Å². The van der Waals surface area contributed by atoms with E-state index < -0.39 is 0 Å². The lowest BCUT2D eigenvalue weighted by Crippen LogP contribution is -2.24. The van der Waals surface area contributed by atoms with Crippen molar-refractivity contribution >= 4 is 28.0 Å². The molecule has 4 aromatic rings.